The molecule has 0 saturated heterocycles. The summed E-state index contributed by atoms with van der Waals surface area (Å²) in [7, 11) is 2.01. The number of nitrogens with zero attached hydrogens (tertiary/aromatic N) is 2. The molecule has 1 unspecified atom stereocenters. The quantitative estimate of drug-likeness (QED) is 0.777. The molecule has 3 nitrogen and oxygen atoms in total. The number of benzene rings is 1. The summed E-state index contributed by atoms with van der Waals surface area (Å²) >= 11 is 0. The number of nitrogens with two attached hydrogens (primary N) is 1. The highest BCUT2D eigenvalue weighted by Gasteiger charge is 2.06. The van der Waals surface area contributed by atoms with E-state index in [0.717, 1.165) is 11.9 Å². The van der Waals surface area contributed by atoms with Gasteiger partial charge in [-0.3, -0.25) is 0 Å². The summed E-state index contributed by atoms with van der Waals surface area (Å²) in [4.78, 5) is 4.31. The van der Waals surface area contributed by atoms with Gasteiger partial charge in [0.05, 0.1) is 17.4 Å². The zero-order valence-corrected chi connectivity index (χ0v) is 8.57. The summed E-state index contributed by atoms with van der Waals surface area (Å²) in [6.45, 7) is 2.02. The van der Waals surface area contributed by atoms with Gasteiger partial charge in [0.1, 0.15) is 0 Å². The van der Waals surface area contributed by atoms with Gasteiger partial charge in [0.25, 0.3) is 0 Å². The molecule has 1 atom stereocenters. The van der Waals surface area contributed by atoms with Crippen molar-refractivity contribution >= 4 is 11.0 Å². The van der Waals surface area contributed by atoms with Crippen molar-refractivity contribution in [1.29, 1.82) is 0 Å². The lowest BCUT2D eigenvalue weighted by atomic mass is 10.1. The Bertz CT molecular complexity index is 443. The maximum atomic E-state index is 5.80. The first kappa shape index (κ1) is 9.21. The van der Waals surface area contributed by atoms with Crippen molar-refractivity contribution in [2.45, 2.75) is 19.4 Å². The molecule has 14 heavy (non-hydrogen) atoms. The molecule has 1 heterocycles. The topological polar surface area (TPSA) is 43.8 Å². The number of aryl methyl sites for hydroxylation is 1. The molecule has 0 aliphatic heterocycles. The molecule has 3 heteroatoms. The fourth-order valence-corrected chi connectivity index (χ4v) is 1.81. The Labute approximate surface area is 83.6 Å². The molecule has 2 rings (SSSR count). The van der Waals surface area contributed by atoms with Gasteiger partial charge in [-0.2, -0.15) is 0 Å². The molecule has 0 aliphatic rings. The third-order valence-electron chi connectivity index (χ3n) is 2.36. The second-order valence-corrected chi connectivity index (χ2v) is 3.82. The number of rotatable bonds is 2. The predicted molar refractivity (Wildman–Crippen MR) is 58.1 cm³/mol. The van der Waals surface area contributed by atoms with Gasteiger partial charge in [-0.25, -0.2) is 4.98 Å². The molecule has 0 amide bonds. The minimum Gasteiger partial charge on any atom is -0.334 e. The van der Waals surface area contributed by atoms with E-state index in [2.05, 4.69) is 11.1 Å². The van der Waals surface area contributed by atoms with Crippen molar-refractivity contribution in [3.63, 3.8) is 0 Å². The van der Waals surface area contributed by atoms with Gasteiger partial charge in [0.2, 0.25) is 0 Å². The number of hydrogen-bond donors (Lipinski definition) is 1. The first-order valence-electron chi connectivity index (χ1n) is 4.83. The van der Waals surface area contributed by atoms with Crippen LogP contribution >= 0.6 is 0 Å². The fraction of sp³-hybridized carbons (Fsp3) is 0.364. The van der Waals surface area contributed by atoms with E-state index in [-0.39, 0.29) is 6.04 Å². The number of aromatic nitrogens is 2. The number of para-hydroxylation sites is 1. The van der Waals surface area contributed by atoms with Crippen molar-refractivity contribution in [3.8, 4) is 0 Å². The maximum Gasteiger partial charge on any atom is 0.0955 e. The third-order valence-corrected chi connectivity index (χ3v) is 2.36. The van der Waals surface area contributed by atoms with E-state index in [1.165, 1.54) is 11.1 Å². The van der Waals surface area contributed by atoms with Gasteiger partial charge in [0.15, 0.2) is 0 Å². The zero-order chi connectivity index (χ0) is 10.1. The Hall–Kier alpha value is -1.35. The smallest absolute Gasteiger partial charge is 0.0955 e. The van der Waals surface area contributed by atoms with E-state index in [9.17, 15) is 0 Å². The average molecular weight is 189 g/mol. The number of hydrogen-bond acceptors (Lipinski definition) is 2. The first-order chi connectivity index (χ1) is 6.68. The van der Waals surface area contributed by atoms with E-state index in [1.807, 2.05) is 37.0 Å². The molecule has 1 aromatic heterocycles. The SMILES string of the molecule is CC(N)Cc1cccc2ncn(C)c12. The van der Waals surface area contributed by atoms with Crippen molar-refractivity contribution < 1.29 is 0 Å². The molecule has 74 valence electrons. The Morgan fingerprint density at radius 2 is 2.29 bits per heavy atom. The van der Waals surface area contributed by atoms with Crippen LogP contribution in [0.1, 0.15) is 12.5 Å². The summed E-state index contributed by atoms with van der Waals surface area (Å²) in [5.74, 6) is 0. The highest BCUT2D eigenvalue weighted by Crippen LogP contribution is 2.17. The van der Waals surface area contributed by atoms with Gasteiger partial charge in [-0.05, 0) is 25.0 Å². The van der Waals surface area contributed by atoms with Crippen LogP contribution in [0, 0.1) is 0 Å². The molecular weight excluding hydrogens is 174 g/mol. The molecule has 2 aromatic rings. The van der Waals surface area contributed by atoms with E-state index < -0.39 is 0 Å². The Kier molecular flexibility index (Phi) is 2.25. The number of imidazole rings is 1. The molecule has 0 fully saturated rings. The highest BCUT2D eigenvalue weighted by molar-refractivity contribution is 5.79. The van der Waals surface area contributed by atoms with Crippen molar-refractivity contribution in [1.82, 2.24) is 9.55 Å². The Morgan fingerprint density at radius 1 is 1.50 bits per heavy atom. The predicted octanol–water partition coefficient (Wildman–Crippen LogP) is 1.46. The molecule has 1 aromatic carbocycles. The van der Waals surface area contributed by atoms with Crippen LogP contribution in [0.5, 0.6) is 0 Å². The first-order valence-corrected chi connectivity index (χ1v) is 4.83. The summed E-state index contributed by atoms with van der Waals surface area (Å²) in [6.07, 6.45) is 2.74. The lowest BCUT2D eigenvalue weighted by Crippen LogP contribution is -2.18. The molecular formula is C11H15N3. The standard InChI is InChI=1S/C11H15N3/c1-8(12)6-9-4-3-5-10-11(9)14(2)7-13-10/h3-5,7-8H,6,12H2,1-2H3. The van der Waals surface area contributed by atoms with E-state index >= 15 is 0 Å². The van der Waals surface area contributed by atoms with E-state index in [1.54, 1.807) is 0 Å². The van der Waals surface area contributed by atoms with Gasteiger partial charge in [0, 0.05) is 13.1 Å². The average Bonchev–Trinajstić information content (AvgIpc) is 2.48. The molecule has 0 radical (unpaired) electrons. The molecule has 0 saturated carbocycles. The third kappa shape index (κ3) is 1.51. The summed E-state index contributed by atoms with van der Waals surface area (Å²) < 4.78 is 2.05. The summed E-state index contributed by atoms with van der Waals surface area (Å²) in [5, 5.41) is 0. The zero-order valence-electron chi connectivity index (χ0n) is 8.57. The van der Waals surface area contributed by atoms with Crippen LogP contribution in [0.15, 0.2) is 24.5 Å². The van der Waals surface area contributed by atoms with Gasteiger partial charge in [-0.1, -0.05) is 12.1 Å². The Balaban J connectivity index is 2.57. The van der Waals surface area contributed by atoms with Crippen molar-refractivity contribution in [2.75, 3.05) is 0 Å². The normalized spacial score (nSPS) is 13.4. The largest absolute Gasteiger partial charge is 0.334 e. The van der Waals surface area contributed by atoms with Gasteiger partial charge >= 0.3 is 0 Å². The minimum atomic E-state index is 0.190. The Morgan fingerprint density at radius 3 is 3.00 bits per heavy atom. The number of fused-ring (bicyclic) bond motifs is 1. The van der Waals surface area contributed by atoms with E-state index in [4.69, 9.17) is 5.73 Å². The molecule has 0 bridgehead atoms. The van der Waals surface area contributed by atoms with Crippen LogP contribution in [-0.2, 0) is 13.5 Å². The van der Waals surface area contributed by atoms with Crippen LogP contribution in [0.4, 0.5) is 0 Å². The van der Waals surface area contributed by atoms with Crippen molar-refractivity contribution in [2.24, 2.45) is 12.8 Å². The van der Waals surface area contributed by atoms with Crippen LogP contribution in [0.25, 0.3) is 11.0 Å². The summed E-state index contributed by atoms with van der Waals surface area (Å²) in [5.41, 5.74) is 9.33. The second kappa shape index (κ2) is 3.42. The lowest BCUT2D eigenvalue weighted by molar-refractivity contribution is 0.738. The van der Waals surface area contributed by atoms with Crippen LogP contribution in [0.2, 0.25) is 0 Å². The maximum absolute atomic E-state index is 5.80. The fourth-order valence-electron chi connectivity index (χ4n) is 1.81. The van der Waals surface area contributed by atoms with Gasteiger partial charge < -0.3 is 10.3 Å². The van der Waals surface area contributed by atoms with E-state index in [0.29, 0.717) is 0 Å². The summed E-state index contributed by atoms with van der Waals surface area (Å²) in [6, 6.07) is 6.37. The lowest BCUT2D eigenvalue weighted by Gasteiger charge is -2.07. The molecule has 2 N–H and O–H groups in total. The van der Waals surface area contributed by atoms with Crippen molar-refractivity contribution in [3.05, 3.63) is 30.1 Å². The van der Waals surface area contributed by atoms with Crippen LogP contribution in [0.3, 0.4) is 0 Å². The monoisotopic (exact) mass is 189 g/mol. The second-order valence-electron chi connectivity index (χ2n) is 3.82. The van der Waals surface area contributed by atoms with Gasteiger partial charge in [-0.15, -0.1) is 0 Å². The molecule has 0 aliphatic carbocycles. The minimum absolute atomic E-state index is 0.190. The van der Waals surface area contributed by atoms with Crippen LogP contribution < -0.4 is 5.73 Å². The molecule has 0 spiro atoms. The highest BCUT2D eigenvalue weighted by atomic mass is 15.0. The van der Waals surface area contributed by atoms with Crippen LogP contribution in [-0.4, -0.2) is 15.6 Å².